The molecule has 14 heavy (non-hydrogen) atoms. The van der Waals surface area contributed by atoms with Crippen molar-refractivity contribution in [1.29, 1.82) is 0 Å². The highest BCUT2D eigenvalue weighted by atomic mass is 32.2. The van der Waals surface area contributed by atoms with Gasteiger partial charge in [-0.3, -0.25) is 0 Å². The van der Waals surface area contributed by atoms with Crippen LogP contribution in [0.15, 0.2) is 29.2 Å². The summed E-state index contributed by atoms with van der Waals surface area (Å²) in [5.74, 6) is 0. The highest BCUT2D eigenvalue weighted by Crippen LogP contribution is 2.35. The normalized spacial score (nSPS) is 12.1. The fraction of sp³-hybridized carbons (Fsp3) is 0. The summed E-state index contributed by atoms with van der Waals surface area (Å²) >= 11 is 1.22. The average Bonchev–Trinajstić information content (AvgIpc) is 2.38. The van der Waals surface area contributed by atoms with E-state index in [1.165, 1.54) is 11.3 Å². The Balaban J connectivity index is 2.95. The van der Waals surface area contributed by atoms with Crippen molar-refractivity contribution in [3.63, 3.8) is 0 Å². The summed E-state index contributed by atoms with van der Waals surface area (Å²) in [5, 5.41) is 5.91. The Hall–Kier alpha value is -1.11. The number of fused-ring (bicyclic) bond motifs is 1. The minimum Gasteiger partial charge on any atom is -0.389 e. The summed E-state index contributed by atoms with van der Waals surface area (Å²) in [6.07, 6.45) is 0. The monoisotopic (exact) mass is 228 g/mol. The first-order valence-electron chi connectivity index (χ1n) is 3.80. The second-order valence-electron chi connectivity index (χ2n) is 2.84. The van der Waals surface area contributed by atoms with E-state index in [1.54, 1.807) is 12.1 Å². The molecule has 0 aliphatic rings. The zero-order valence-electron chi connectivity index (χ0n) is 7.10. The fourth-order valence-corrected chi connectivity index (χ4v) is 3.50. The maximum absolute atomic E-state index is 11.2. The molecular weight excluding hydrogens is 220 g/mol. The predicted molar refractivity (Wildman–Crippen MR) is 57.6 cm³/mol. The van der Waals surface area contributed by atoms with Crippen LogP contribution in [-0.2, 0) is 10.0 Å². The van der Waals surface area contributed by atoms with Gasteiger partial charge in [0, 0.05) is 10.1 Å². The summed E-state index contributed by atoms with van der Waals surface area (Å²) in [4.78, 5) is 0.0399. The number of rotatable bonds is 1. The first kappa shape index (κ1) is 9.45. The Kier molecular flexibility index (Phi) is 1.99. The van der Waals surface area contributed by atoms with Crippen molar-refractivity contribution in [2.24, 2.45) is 5.14 Å². The molecule has 0 aliphatic heterocycles. The van der Waals surface area contributed by atoms with Crippen LogP contribution in [0.3, 0.4) is 0 Å². The summed E-state index contributed by atoms with van der Waals surface area (Å²) in [6.45, 7) is 0. The molecule has 6 heteroatoms. The second-order valence-corrected chi connectivity index (χ2v) is 5.42. The maximum Gasteiger partial charge on any atom is 0.241 e. The van der Waals surface area contributed by atoms with Gasteiger partial charge in [0.15, 0.2) is 0 Å². The first-order chi connectivity index (χ1) is 6.50. The van der Waals surface area contributed by atoms with Gasteiger partial charge in [-0.05, 0) is 6.07 Å². The van der Waals surface area contributed by atoms with Gasteiger partial charge in [0.05, 0.1) is 0 Å². The zero-order valence-corrected chi connectivity index (χ0v) is 8.73. The molecule has 2 aromatic rings. The van der Waals surface area contributed by atoms with Gasteiger partial charge in [-0.1, -0.05) is 18.2 Å². The van der Waals surface area contributed by atoms with E-state index in [0.717, 1.165) is 4.70 Å². The number of anilines is 1. The van der Waals surface area contributed by atoms with Crippen LogP contribution in [-0.4, -0.2) is 8.42 Å². The predicted octanol–water partition coefficient (Wildman–Crippen LogP) is 1.13. The number of benzene rings is 1. The average molecular weight is 228 g/mol. The fourth-order valence-electron chi connectivity index (χ4n) is 1.33. The van der Waals surface area contributed by atoms with Crippen molar-refractivity contribution < 1.29 is 8.42 Å². The third-order valence-corrected chi connectivity index (χ3v) is 4.00. The second kappa shape index (κ2) is 2.94. The van der Waals surface area contributed by atoms with Gasteiger partial charge in [0.25, 0.3) is 0 Å². The molecule has 2 rings (SSSR count). The van der Waals surface area contributed by atoms with E-state index in [9.17, 15) is 8.42 Å². The molecule has 1 heterocycles. The number of thiophene rings is 1. The largest absolute Gasteiger partial charge is 0.389 e. The van der Waals surface area contributed by atoms with Crippen molar-refractivity contribution in [3.05, 3.63) is 24.3 Å². The van der Waals surface area contributed by atoms with Crippen molar-refractivity contribution in [3.8, 4) is 0 Å². The van der Waals surface area contributed by atoms with E-state index in [4.69, 9.17) is 10.9 Å². The molecule has 0 fully saturated rings. The standard InChI is InChI=1S/C8H8N2O2S2/c9-8-7(14(10,11)12)5-3-1-2-4-6(5)13-8/h1-4H,9H2,(H2,10,11,12). The molecule has 0 aliphatic carbocycles. The minimum atomic E-state index is -3.73. The Morgan fingerprint density at radius 3 is 2.50 bits per heavy atom. The lowest BCUT2D eigenvalue weighted by Crippen LogP contribution is -2.13. The number of sulfonamides is 1. The van der Waals surface area contributed by atoms with Crippen LogP contribution in [0.1, 0.15) is 0 Å². The van der Waals surface area contributed by atoms with Crippen LogP contribution in [0.2, 0.25) is 0 Å². The Bertz CT molecular complexity index is 586. The molecule has 0 spiro atoms. The highest BCUT2D eigenvalue weighted by Gasteiger charge is 2.18. The third-order valence-electron chi connectivity index (χ3n) is 1.86. The van der Waals surface area contributed by atoms with Crippen molar-refractivity contribution in [1.82, 2.24) is 0 Å². The Labute approximate surface area is 85.2 Å². The number of hydrogen-bond acceptors (Lipinski definition) is 4. The highest BCUT2D eigenvalue weighted by molar-refractivity contribution is 7.89. The molecule has 4 nitrogen and oxygen atoms in total. The van der Waals surface area contributed by atoms with Crippen molar-refractivity contribution in [2.45, 2.75) is 4.90 Å². The van der Waals surface area contributed by atoms with Crippen LogP contribution in [0.5, 0.6) is 0 Å². The van der Waals surface area contributed by atoms with E-state index in [0.29, 0.717) is 5.39 Å². The van der Waals surface area contributed by atoms with Crippen LogP contribution in [0, 0.1) is 0 Å². The minimum absolute atomic E-state index is 0.0399. The van der Waals surface area contributed by atoms with Crippen LogP contribution in [0.25, 0.3) is 10.1 Å². The molecule has 74 valence electrons. The van der Waals surface area contributed by atoms with E-state index in [1.807, 2.05) is 12.1 Å². The lowest BCUT2D eigenvalue weighted by atomic mass is 10.3. The lowest BCUT2D eigenvalue weighted by Gasteiger charge is -1.96. The summed E-state index contributed by atoms with van der Waals surface area (Å²) in [7, 11) is -3.73. The molecule has 4 N–H and O–H groups in total. The molecule has 1 aromatic carbocycles. The van der Waals surface area contributed by atoms with Gasteiger partial charge >= 0.3 is 0 Å². The topological polar surface area (TPSA) is 86.2 Å². The molecule has 0 saturated carbocycles. The molecule has 0 atom stereocenters. The van der Waals surface area contributed by atoms with Gasteiger partial charge in [0.2, 0.25) is 10.0 Å². The van der Waals surface area contributed by atoms with Crippen molar-refractivity contribution >= 4 is 36.4 Å². The summed E-state index contributed by atoms with van der Waals surface area (Å²) in [5.41, 5.74) is 5.60. The third kappa shape index (κ3) is 1.37. The van der Waals surface area contributed by atoms with E-state index < -0.39 is 10.0 Å². The lowest BCUT2D eigenvalue weighted by molar-refractivity contribution is 0.599. The first-order valence-corrected chi connectivity index (χ1v) is 6.16. The number of nitrogen functional groups attached to an aromatic ring is 1. The molecule has 1 aromatic heterocycles. The maximum atomic E-state index is 11.2. The molecule has 0 bridgehead atoms. The number of hydrogen-bond donors (Lipinski definition) is 2. The number of nitrogens with two attached hydrogens (primary N) is 2. The van der Waals surface area contributed by atoms with Gasteiger partial charge in [-0.25, -0.2) is 13.6 Å². The SMILES string of the molecule is Nc1sc2ccccc2c1S(N)(=O)=O. The Morgan fingerprint density at radius 2 is 1.86 bits per heavy atom. The van der Waals surface area contributed by atoms with Gasteiger partial charge < -0.3 is 5.73 Å². The van der Waals surface area contributed by atoms with E-state index >= 15 is 0 Å². The summed E-state index contributed by atoms with van der Waals surface area (Å²) in [6, 6.07) is 7.08. The van der Waals surface area contributed by atoms with Crippen LogP contribution < -0.4 is 10.9 Å². The number of primary sulfonamides is 1. The Morgan fingerprint density at radius 1 is 1.21 bits per heavy atom. The zero-order chi connectivity index (χ0) is 10.3. The smallest absolute Gasteiger partial charge is 0.241 e. The summed E-state index contributed by atoms with van der Waals surface area (Å²) < 4.78 is 23.3. The van der Waals surface area contributed by atoms with Crippen LogP contribution in [0.4, 0.5) is 5.00 Å². The van der Waals surface area contributed by atoms with Crippen LogP contribution >= 0.6 is 11.3 Å². The van der Waals surface area contributed by atoms with E-state index in [-0.39, 0.29) is 9.90 Å². The molecule has 0 unspecified atom stereocenters. The molecular formula is C8H8N2O2S2. The quantitative estimate of drug-likeness (QED) is 0.767. The molecule has 0 saturated heterocycles. The van der Waals surface area contributed by atoms with Gasteiger partial charge in [-0.2, -0.15) is 0 Å². The van der Waals surface area contributed by atoms with Crippen molar-refractivity contribution in [2.75, 3.05) is 5.73 Å². The van der Waals surface area contributed by atoms with E-state index in [2.05, 4.69) is 0 Å². The molecule has 0 amide bonds. The van der Waals surface area contributed by atoms with Gasteiger partial charge in [-0.15, -0.1) is 11.3 Å². The molecule has 0 radical (unpaired) electrons. The van der Waals surface area contributed by atoms with Gasteiger partial charge in [0.1, 0.15) is 9.90 Å².